The van der Waals surface area contributed by atoms with Crippen LogP contribution >= 0.6 is 22.9 Å². The Kier molecular flexibility index (Phi) is 5.00. The standard InChI is InChI=1S/C15H15ClO2S/c1-2-8-18-12-5-3-4-11(9-12)14(17)10-13-6-7-15(16)19-13/h3-7,9H,2,8,10H2,1H3. The molecule has 2 rings (SSSR count). The zero-order valence-corrected chi connectivity index (χ0v) is 12.3. The van der Waals surface area contributed by atoms with Gasteiger partial charge in [-0.3, -0.25) is 4.79 Å². The van der Waals surface area contributed by atoms with Crippen LogP contribution in [0.4, 0.5) is 0 Å². The van der Waals surface area contributed by atoms with Crippen molar-refractivity contribution in [2.24, 2.45) is 0 Å². The summed E-state index contributed by atoms with van der Waals surface area (Å²) in [5.74, 6) is 0.831. The lowest BCUT2D eigenvalue weighted by molar-refractivity contribution is 0.0993. The van der Waals surface area contributed by atoms with Crippen LogP contribution in [-0.2, 0) is 6.42 Å². The minimum atomic E-state index is 0.0838. The number of rotatable bonds is 6. The largest absolute Gasteiger partial charge is 0.494 e. The molecule has 1 heterocycles. The van der Waals surface area contributed by atoms with Gasteiger partial charge >= 0.3 is 0 Å². The molecule has 100 valence electrons. The number of halogens is 1. The van der Waals surface area contributed by atoms with E-state index in [4.69, 9.17) is 16.3 Å². The van der Waals surface area contributed by atoms with E-state index >= 15 is 0 Å². The highest BCUT2D eigenvalue weighted by molar-refractivity contribution is 7.16. The predicted octanol–water partition coefficient (Wildman–Crippen LogP) is 4.62. The molecule has 2 aromatic rings. The van der Waals surface area contributed by atoms with E-state index in [1.807, 2.05) is 30.3 Å². The summed E-state index contributed by atoms with van der Waals surface area (Å²) < 4.78 is 6.24. The Morgan fingerprint density at radius 1 is 1.32 bits per heavy atom. The topological polar surface area (TPSA) is 26.3 Å². The average Bonchev–Trinajstić information content (AvgIpc) is 2.82. The summed E-state index contributed by atoms with van der Waals surface area (Å²) in [5, 5.41) is 0. The molecule has 0 spiro atoms. The summed E-state index contributed by atoms with van der Waals surface area (Å²) >= 11 is 7.30. The molecule has 0 saturated carbocycles. The fraction of sp³-hybridized carbons (Fsp3) is 0.267. The molecule has 0 aliphatic carbocycles. The summed E-state index contributed by atoms with van der Waals surface area (Å²) in [5.41, 5.74) is 0.679. The molecule has 19 heavy (non-hydrogen) atoms. The highest BCUT2D eigenvalue weighted by atomic mass is 35.5. The van der Waals surface area contributed by atoms with E-state index < -0.39 is 0 Å². The van der Waals surface area contributed by atoms with Crippen molar-refractivity contribution in [1.29, 1.82) is 0 Å². The average molecular weight is 295 g/mol. The van der Waals surface area contributed by atoms with Crippen LogP contribution in [0.2, 0.25) is 4.34 Å². The van der Waals surface area contributed by atoms with Gasteiger partial charge in [0.1, 0.15) is 5.75 Å². The second-order valence-electron chi connectivity index (χ2n) is 4.18. The SMILES string of the molecule is CCCOc1cccc(C(=O)Cc2ccc(Cl)s2)c1. The maximum atomic E-state index is 12.2. The Morgan fingerprint density at radius 3 is 2.84 bits per heavy atom. The van der Waals surface area contributed by atoms with Crippen molar-refractivity contribution >= 4 is 28.7 Å². The molecule has 0 fully saturated rings. The van der Waals surface area contributed by atoms with Crippen molar-refractivity contribution < 1.29 is 9.53 Å². The predicted molar refractivity (Wildman–Crippen MR) is 79.6 cm³/mol. The molecular weight excluding hydrogens is 280 g/mol. The highest BCUT2D eigenvalue weighted by Gasteiger charge is 2.09. The number of carbonyl (C=O) groups is 1. The first-order valence-electron chi connectivity index (χ1n) is 6.19. The lowest BCUT2D eigenvalue weighted by atomic mass is 10.1. The van der Waals surface area contributed by atoms with Gasteiger partial charge in [0.05, 0.1) is 10.9 Å². The van der Waals surface area contributed by atoms with E-state index in [9.17, 15) is 4.79 Å². The third-order valence-electron chi connectivity index (χ3n) is 2.59. The van der Waals surface area contributed by atoms with Gasteiger partial charge < -0.3 is 4.74 Å². The molecule has 2 nitrogen and oxygen atoms in total. The summed E-state index contributed by atoms with van der Waals surface area (Å²) in [4.78, 5) is 13.1. The second-order valence-corrected chi connectivity index (χ2v) is 5.98. The Morgan fingerprint density at radius 2 is 2.16 bits per heavy atom. The van der Waals surface area contributed by atoms with Gasteiger partial charge in [0.25, 0.3) is 0 Å². The van der Waals surface area contributed by atoms with Gasteiger partial charge in [-0.1, -0.05) is 30.7 Å². The van der Waals surface area contributed by atoms with Crippen LogP contribution in [0.15, 0.2) is 36.4 Å². The van der Waals surface area contributed by atoms with Crippen LogP contribution in [0.1, 0.15) is 28.6 Å². The third kappa shape index (κ3) is 4.08. The van der Waals surface area contributed by atoms with Gasteiger partial charge in [0.15, 0.2) is 5.78 Å². The van der Waals surface area contributed by atoms with Crippen molar-refractivity contribution in [2.45, 2.75) is 19.8 Å². The molecule has 1 aromatic heterocycles. The van der Waals surface area contributed by atoms with Crippen LogP contribution in [-0.4, -0.2) is 12.4 Å². The van der Waals surface area contributed by atoms with E-state index in [2.05, 4.69) is 6.92 Å². The first-order valence-corrected chi connectivity index (χ1v) is 7.38. The minimum Gasteiger partial charge on any atom is -0.494 e. The van der Waals surface area contributed by atoms with E-state index in [0.29, 0.717) is 22.9 Å². The van der Waals surface area contributed by atoms with Gasteiger partial charge in [0, 0.05) is 16.9 Å². The Labute approximate surface area is 122 Å². The maximum absolute atomic E-state index is 12.2. The van der Waals surface area contributed by atoms with Crippen molar-refractivity contribution in [3.8, 4) is 5.75 Å². The molecule has 4 heteroatoms. The normalized spacial score (nSPS) is 10.4. The number of ketones is 1. The highest BCUT2D eigenvalue weighted by Crippen LogP contribution is 2.23. The molecule has 1 aromatic carbocycles. The number of ether oxygens (including phenoxy) is 1. The molecular formula is C15H15ClO2S. The molecule has 0 N–H and O–H groups in total. The number of Topliss-reactive ketones (excluding diaryl/α,β-unsaturated/α-hetero) is 1. The number of thiophene rings is 1. The summed E-state index contributed by atoms with van der Waals surface area (Å²) in [7, 11) is 0. The second kappa shape index (κ2) is 6.73. The van der Waals surface area contributed by atoms with E-state index in [1.54, 1.807) is 6.07 Å². The number of hydrogen-bond donors (Lipinski definition) is 0. The first-order chi connectivity index (χ1) is 9.19. The van der Waals surface area contributed by atoms with Gasteiger partial charge in [0.2, 0.25) is 0 Å². The van der Waals surface area contributed by atoms with Crippen LogP contribution < -0.4 is 4.74 Å². The molecule has 0 aliphatic rings. The summed E-state index contributed by atoms with van der Waals surface area (Å²) in [6.07, 6.45) is 1.33. The van der Waals surface area contributed by atoms with Crippen molar-refractivity contribution in [1.82, 2.24) is 0 Å². The van der Waals surface area contributed by atoms with Crippen molar-refractivity contribution in [3.63, 3.8) is 0 Å². The monoisotopic (exact) mass is 294 g/mol. The Balaban J connectivity index is 2.06. The van der Waals surface area contributed by atoms with Crippen molar-refractivity contribution in [2.75, 3.05) is 6.61 Å². The maximum Gasteiger partial charge on any atom is 0.168 e. The first kappa shape index (κ1) is 14.1. The number of benzene rings is 1. The molecule has 0 bridgehead atoms. The fourth-order valence-corrected chi connectivity index (χ4v) is 2.77. The van der Waals surface area contributed by atoms with Gasteiger partial charge in [-0.2, -0.15) is 0 Å². The smallest absolute Gasteiger partial charge is 0.168 e. The van der Waals surface area contributed by atoms with Crippen LogP contribution in [0.3, 0.4) is 0 Å². The van der Waals surface area contributed by atoms with Crippen LogP contribution in [0.25, 0.3) is 0 Å². The van der Waals surface area contributed by atoms with Gasteiger partial charge in [-0.05, 0) is 30.7 Å². The third-order valence-corrected chi connectivity index (χ3v) is 3.82. The molecule has 0 saturated heterocycles. The lowest BCUT2D eigenvalue weighted by Gasteiger charge is -2.06. The number of hydrogen-bond acceptors (Lipinski definition) is 3. The quantitative estimate of drug-likeness (QED) is 0.727. The zero-order chi connectivity index (χ0) is 13.7. The van der Waals surface area contributed by atoms with Gasteiger partial charge in [-0.25, -0.2) is 0 Å². The molecule has 0 atom stereocenters. The van der Waals surface area contributed by atoms with Crippen LogP contribution in [0, 0.1) is 0 Å². The Bertz CT molecular complexity index is 563. The van der Waals surface area contributed by atoms with Gasteiger partial charge in [-0.15, -0.1) is 11.3 Å². The van der Waals surface area contributed by atoms with E-state index in [-0.39, 0.29) is 5.78 Å². The van der Waals surface area contributed by atoms with E-state index in [1.165, 1.54) is 11.3 Å². The molecule has 0 radical (unpaired) electrons. The lowest BCUT2D eigenvalue weighted by Crippen LogP contribution is -2.03. The van der Waals surface area contributed by atoms with Crippen LogP contribution in [0.5, 0.6) is 5.75 Å². The minimum absolute atomic E-state index is 0.0838. The summed E-state index contributed by atoms with van der Waals surface area (Å²) in [6.45, 7) is 2.72. The molecule has 0 aliphatic heterocycles. The fourth-order valence-electron chi connectivity index (χ4n) is 1.69. The van der Waals surface area contributed by atoms with Crippen molar-refractivity contribution in [3.05, 3.63) is 51.2 Å². The zero-order valence-electron chi connectivity index (χ0n) is 10.7. The summed E-state index contributed by atoms with van der Waals surface area (Å²) in [6, 6.07) is 11.0. The Hall–Kier alpha value is -1.32. The molecule has 0 unspecified atom stereocenters. The number of carbonyl (C=O) groups excluding carboxylic acids is 1. The van der Waals surface area contributed by atoms with E-state index in [0.717, 1.165) is 17.0 Å². The molecule has 0 amide bonds.